The minimum atomic E-state index is -0.555. The lowest BCUT2D eigenvalue weighted by Crippen LogP contribution is -2.37. The summed E-state index contributed by atoms with van der Waals surface area (Å²) in [6.07, 6.45) is 2.20. The summed E-state index contributed by atoms with van der Waals surface area (Å²) in [6.45, 7) is 2.82. The van der Waals surface area contributed by atoms with E-state index in [1.54, 1.807) is 24.3 Å². The molecule has 1 fully saturated rings. The highest BCUT2D eigenvalue weighted by Crippen LogP contribution is 2.18. The largest absolute Gasteiger partial charge is 0.377 e. The monoisotopic (exact) mass is 291 g/mol. The molecule has 6 nitrogen and oxygen atoms in total. The lowest BCUT2D eigenvalue weighted by atomic mass is 10.1. The third-order valence-electron chi connectivity index (χ3n) is 3.42. The molecule has 1 aromatic rings. The van der Waals surface area contributed by atoms with Crippen molar-refractivity contribution in [2.24, 2.45) is 5.73 Å². The molecule has 1 saturated heterocycles. The van der Waals surface area contributed by atoms with Gasteiger partial charge in [0.15, 0.2) is 0 Å². The second-order valence-corrected chi connectivity index (χ2v) is 5.18. The van der Waals surface area contributed by atoms with Gasteiger partial charge in [0.2, 0.25) is 11.8 Å². The highest BCUT2D eigenvalue weighted by atomic mass is 16.5. The molecule has 1 aliphatic rings. The van der Waals surface area contributed by atoms with Gasteiger partial charge in [-0.15, -0.1) is 0 Å². The van der Waals surface area contributed by atoms with Crippen molar-refractivity contribution in [1.82, 2.24) is 5.32 Å². The molecular weight excluding hydrogens is 270 g/mol. The SMILES string of the molecule is CC(=O)Nc1ccc(C(NCC2CCCO2)C(N)=O)cc1. The summed E-state index contributed by atoms with van der Waals surface area (Å²) >= 11 is 0. The normalized spacial score (nSPS) is 19.2. The number of nitrogens with one attached hydrogen (secondary N) is 2. The van der Waals surface area contributed by atoms with Crippen LogP contribution in [0.2, 0.25) is 0 Å². The Morgan fingerprint density at radius 2 is 2.10 bits per heavy atom. The molecule has 0 saturated carbocycles. The molecule has 1 aliphatic heterocycles. The number of benzene rings is 1. The molecule has 0 bridgehead atoms. The van der Waals surface area contributed by atoms with E-state index >= 15 is 0 Å². The van der Waals surface area contributed by atoms with Gasteiger partial charge >= 0.3 is 0 Å². The second kappa shape index (κ2) is 7.19. The maximum absolute atomic E-state index is 11.6. The molecule has 2 rings (SSSR count). The average Bonchev–Trinajstić information content (AvgIpc) is 2.93. The van der Waals surface area contributed by atoms with Crippen molar-refractivity contribution < 1.29 is 14.3 Å². The summed E-state index contributed by atoms with van der Waals surface area (Å²) < 4.78 is 5.52. The smallest absolute Gasteiger partial charge is 0.239 e. The van der Waals surface area contributed by atoms with Gasteiger partial charge in [-0.3, -0.25) is 14.9 Å². The number of primary amides is 1. The Labute approximate surface area is 124 Å². The van der Waals surface area contributed by atoms with Crippen molar-refractivity contribution in [3.8, 4) is 0 Å². The number of carbonyl (C=O) groups excluding carboxylic acids is 2. The van der Waals surface area contributed by atoms with Gasteiger partial charge in [-0.05, 0) is 30.5 Å². The maximum Gasteiger partial charge on any atom is 0.239 e. The lowest BCUT2D eigenvalue weighted by molar-refractivity contribution is -0.120. The van der Waals surface area contributed by atoms with Crippen LogP contribution < -0.4 is 16.4 Å². The van der Waals surface area contributed by atoms with Crippen LogP contribution in [0.1, 0.15) is 31.4 Å². The fraction of sp³-hybridized carbons (Fsp3) is 0.467. The first-order valence-corrected chi connectivity index (χ1v) is 7.08. The summed E-state index contributed by atoms with van der Waals surface area (Å²) in [5.41, 5.74) is 6.92. The number of hydrogen-bond acceptors (Lipinski definition) is 4. The fourth-order valence-electron chi connectivity index (χ4n) is 2.40. The third kappa shape index (κ3) is 4.54. The van der Waals surface area contributed by atoms with E-state index in [0.29, 0.717) is 12.2 Å². The zero-order chi connectivity index (χ0) is 15.2. The van der Waals surface area contributed by atoms with Gasteiger partial charge in [-0.25, -0.2) is 0 Å². The summed E-state index contributed by atoms with van der Waals surface area (Å²) in [6, 6.07) is 6.51. The number of hydrogen-bond donors (Lipinski definition) is 3. The predicted molar refractivity (Wildman–Crippen MR) is 79.7 cm³/mol. The first-order chi connectivity index (χ1) is 10.1. The minimum absolute atomic E-state index is 0.134. The Bertz CT molecular complexity index is 495. The molecule has 4 N–H and O–H groups in total. The highest BCUT2D eigenvalue weighted by Gasteiger charge is 2.21. The maximum atomic E-state index is 11.6. The Morgan fingerprint density at radius 1 is 1.38 bits per heavy atom. The van der Waals surface area contributed by atoms with Crippen LogP contribution in [0, 0.1) is 0 Å². The van der Waals surface area contributed by atoms with E-state index in [2.05, 4.69) is 10.6 Å². The molecule has 0 aromatic heterocycles. The highest BCUT2D eigenvalue weighted by molar-refractivity contribution is 5.88. The van der Waals surface area contributed by atoms with Crippen molar-refractivity contribution in [3.05, 3.63) is 29.8 Å². The molecule has 2 atom stereocenters. The molecule has 1 heterocycles. The van der Waals surface area contributed by atoms with Gasteiger partial charge in [0.05, 0.1) is 6.10 Å². The number of nitrogens with two attached hydrogens (primary N) is 1. The number of ether oxygens (including phenoxy) is 1. The fourth-order valence-corrected chi connectivity index (χ4v) is 2.40. The van der Waals surface area contributed by atoms with Crippen LogP contribution in [-0.4, -0.2) is 31.1 Å². The molecule has 0 spiro atoms. The summed E-state index contributed by atoms with van der Waals surface area (Å²) in [5, 5.41) is 5.83. The van der Waals surface area contributed by atoms with Gasteiger partial charge in [-0.2, -0.15) is 0 Å². The van der Waals surface area contributed by atoms with Gasteiger partial charge in [0, 0.05) is 25.8 Å². The van der Waals surface area contributed by atoms with Crippen molar-refractivity contribution in [2.45, 2.75) is 31.9 Å². The average molecular weight is 291 g/mol. The standard InChI is InChI=1S/C15H21N3O3/c1-10(19)18-12-6-4-11(5-7-12)14(15(16)20)17-9-13-3-2-8-21-13/h4-7,13-14,17H,2-3,8-9H2,1H3,(H2,16,20)(H,18,19). The van der Waals surface area contributed by atoms with Crippen LogP contribution >= 0.6 is 0 Å². The van der Waals surface area contributed by atoms with Gasteiger partial charge < -0.3 is 15.8 Å². The number of rotatable bonds is 6. The Hall–Kier alpha value is -1.92. The van der Waals surface area contributed by atoms with Crippen LogP contribution in [0.3, 0.4) is 0 Å². The zero-order valence-corrected chi connectivity index (χ0v) is 12.1. The molecule has 2 unspecified atom stereocenters. The molecular formula is C15H21N3O3. The molecule has 6 heteroatoms. The quantitative estimate of drug-likeness (QED) is 0.727. The summed E-state index contributed by atoms with van der Waals surface area (Å²) in [5.74, 6) is -0.564. The van der Waals surface area contributed by atoms with E-state index in [1.807, 2.05) is 0 Å². The van der Waals surface area contributed by atoms with Crippen LogP contribution in [0.5, 0.6) is 0 Å². The van der Waals surface area contributed by atoms with Crippen molar-refractivity contribution in [2.75, 3.05) is 18.5 Å². The van der Waals surface area contributed by atoms with Crippen LogP contribution in [-0.2, 0) is 14.3 Å². The van der Waals surface area contributed by atoms with Gasteiger partial charge in [-0.1, -0.05) is 12.1 Å². The zero-order valence-electron chi connectivity index (χ0n) is 12.1. The van der Waals surface area contributed by atoms with Gasteiger partial charge in [0.25, 0.3) is 0 Å². The molecule has 0 radical (unpaired) electrons. The van der Waals surface area contributed by atoms with Crippen molar-refractivity contribution in [3.63, 3.8) is 0 Å². The first kappa shape index (κ1) is 15.5. The molecule has 2 amide bonds. The minimum Gasteiger partial charge on any atom is -0.377 e. The number of amides is 2. The third-order valence-corrected chi connectivity index (χ3v) is 3.42. The molecule has 1 aromatic carbocycles. The van der Waals surface area contributed by atoms with E-state index in [1.165, 1.54) is 6.92 Å². The predicted octanol–water partition coefficient (Wildman–Crippen LogP) is 0.940. The van der Waals surface area contributed by atoms with Gasteiger partial charge in [0.1, 0.15) is 6.04 Å². The second-order valence-electron chi connectivity index (χ2n) is 5.18. The van der Waals surface area contributed by atoms with E-state index in [0.717, 1.165) is 25.0 Å². The Morgan fingerprint density at radius 3 is 2.62 bits per heavy atom. The van der Waals surface area contributed by atoms with E-state index in [9.17, 15) is 9.59 Å². The number of anilines is 1. The Balaban J connectivity index is 1.99. The van der Waals surface area contributed by atoms with Crippen LogP contribution in [0.25, 0.3) is 0 Å². The van der Waals surface area contributed by atoms with Crippen molar-refractivity contribution in [1.29, 1.82) is 0 Å². The van der Waals surface area contributed by atoms with E-state index in [-0.39, 0.29) is 12.0 Å². The number of carbonyl (C=O) groups is 2. The summed E-state index contributed by atoms with van der Waals surface area (Å²) in [7, 11) is 0. The molecule has 114 valence electrons. The summed E-state index contributed by atoms with van der Waals surface area (Å²) in [4.78, 5) is 22.6. The van der Waals surface area contributed by atoms with Crippen molar-refractivity contribution >= 4 is 17.5 Å². The van der Waals surface area contributed by atoms with E-state index < -0.39 is 11.9 Å². The van der Waals surface area contributed by atoms with Crippen LogP contribution in [0.4, 0.5) is 5.69 Å². The lowest BCUT2D eigenvalue weighted by Gasteiger charge is -2.18. The van der Waals surface area contributed by atoms with Crippen LogP contribution in [0.15, 0.2) is 24.3 Å². The topological polar surface area (TPSA) is 93.4 Å². The van der Waals surface area contributed by atoms with E-state index in [4.69, 9.17) is 10.5 Å². The Kier molecular flexibility index (Phi) is 5.30. The molecule has 21 heavy (non-hydrogen) atoms. The molecule has 0 aliphatic carbocycles. The first-order valence-electron chi connectivity index (χ1n) is 7.08.